The van der Waals surface area contributed by atoms with Crippen LogP contribution in [0.4, 0.5) is 5.13 Å². The number of amides is 2. The molecule has 1 aromatic heterocycles. The maximum atomic E-state index is 13.2. The summed E-state index contributed by atoms with van der Waals surface area (Å²) in [7, 11) is -0.785. The summed E-state index contributed by atoms with van der Waals surface area (Å²) in [6, 6.07) is 2.48. The lowest BCUT2D eigenvalue weighted by Gasteiger charge is -2.24. The third-order valence-corrected chi connectivity index (χ3v) is 7.73. The molecule has 0 aliphatic carbocycles. The summed E-state index contributed by atoms with van der Waals surface area (Å²) >= 11 is 1.31. The topological polar surface area (TPSA) is 99.7 Å². The standard InChI is InChI=1S/C19H24N4O4S2/c1-12-10-14(11-16(13(12)2)29(26,27)22(3)4)18(25)23-8-5-6-15(23)17(24)21-19-20-7-9-28-19/h7,9-11,15H,5-6,8H2,1-4H3,(H,20,21,24)/t15-/m1/s1. The summed E-state index contributed by atoms with van der Waals surface area (Å²) in [5.41, 5.74) is 1.58. The zero-order chi connectivity index (χ0) is 21.3. The molecule has 10 heteroatoms. The number of anilines is 1. The maximum absolute atomic E-state index is 13.2. The summed E-state index contributed by atoms with van der Waals surface area (Å²) in [4.78, 5) is 31.5. The van der Waals surface area contributed by atoms with Gasteiger partial charge in [-0.15, -0.1) is 11.3 Å². The summed E-state index contributed by atoms with van der Waals surface area (Å²) in [5.74, 6) is -0.629. The molecule has 2 heterocycles. The third-order valence-electron chi connectivity index (χ3n) is 5.10. The van der Waals surface area contributed by atoms with E-state index in [0.29, 0.717) is 35.6 Å². The number of nitrogens with zero attached hydrogens (tertiary/aromatic N) is 3. The van der Waals surface area contributed by atoms with Crippen LogP contribution in [0.5, 0.6) is 0 Å². The van der Waals surface area contributed by atoms with E-state index in [1.54, 1.807) is 31.5 Å². The highest BCUT2D eigenvalue weighted by molar-refractivity contribution is 7.89. The quantitative estimate of drug-likeness (QED) is 0.775. The van der Waals surface area contributed by atoms with E-state index in [9.17, 15) is 18.0 Å². The third kappa shape index (κ3) is 4.19. The van der Waals surface area contributed by atoms with Crippen molar-refractivity contribution in [3.05, 3.63) is 40.4 Å². The molecule has 156 valence electrons. The molecule has 1 atom stereocenters. The SMILES string of the molecule is Cc1cc(C(=O)N2CCC[C@@H]2C(=O)Nc2nccs2)cc(S(=O)(=O)N(C)C)c1C. The monoisotopic (exact) mass is 436 g/mol. The van der Waals surface area contributed by atoms with E-state index in [1.165, 1.54) is 36.4 Å². The Hall–Kier alpha value is -2.30. The van der Waals surface area contributed by atoms with Gasteiger partial charge in [-0.05, 0) is 49.9 Å². The van der Waals surface area contributed by atoms with Crippen molar-refractivity contribution in [2.45, 2.75) is 37.6 Å². The van der Waals surface area contributed by atoms with Crippen LogP contribution in [0, 0.1) is 13.8 Å². The van der Waals surface area contributed by atoms with Crippen molar-refractivity contribution in [3.63, 3.8) is 0 Å². The van der Waals surface area contributed by atoms with Crippen molar-refractivity contribution in [1.82, 2.24) is 14.2 Å². The average Bonchev–Trinajstić information content (AvgIpc) is 3.34. The number of hydrogen-bond acceptors (Lipinski definition) is 6. The van der Waals surface area contributed by atoms with Gasteiger partial charge in [0.15, 0.2) is 5.13 Å². The zero-order valence-corrected chi connectivity index (χ0v) is 18.4. The van der Waals surface area contributed by atoms with Crippen molar-refractivity contribution in [2.75, 3.05) is 26.0 Å². The lowest BCUT2D eigenvalue weighted by atomic mass is 10.0. The van der Waals surface area contributed by atoms with Crippen LogP contribution in [0.3, 0.4) is 0 Å². The summed E-state index contributed by atoms with van der Waals surface area (Å²) < 4.78 is 26.5. The van der Waals surface area contributed by atoms with E-state index >= 15 is 0 Å². The minimum atomic E-state index is -3.70. The fraction of sp³-hybridized carbons (Fsp3) is 0.421. The van der Waals surface area contributed by atoms with Gasteiger partial charge in [0.25, 0.3) is 5.91 Å². The molecule has 1 aliphatic rings. The van der Waals surface area contributed by atoms with E-state index in [-0.39, 0.29) is 22.3 Å². The second-order valence-electron chi connectivity index (χ2n) is 7.19. The first kappa shape index (κ1) is 21.4. The fourth-order valence-corrected chi connectivity index (χ4v) is 5.09. The number of aryl methyl sites for hydroxylation is 1. The predicted octanol–water partition coefficient (Wildman–Crippen LogP) is 2.25. The van der Waals surface area contributed by atoms with Gasteiger partial charge in [-0.25, -0.2) is 17.7 Å². The number of carbonyl (C=O) groups is 2. The number of thiazole rings is 1. The highest BCUT2D eigenvalue weighted by Crippen LogP contribution is 2.27. The Labute approximate surface area is 174 Å². The Balaban J connectivity index is 1.91. The number of aromatic nitrogens is 1. The van der Waals surface area contributed by atoms with Gasteiger partial charge in [-0.2, -0.15) is 0 Å². The van der Waals surface area contributed by atoms with Gasteiger partial charge in [0.05, 0.1) is 4.90 Å². The molecule has 8 nitrogen and oxygen atoms in total. The van der Waals surface area contributed by atoms with Crippen LogP contribution in [0.2, 0.25) is 0 Å². The summed E-state index contributed by atoms with van der Waals surface area (Å²) in [5, 5.41) is 4.99. The average molecular weight is 437 g/mol. The normalized spacial score (nSPS) is 17.0. The van der Waals surface area contributed by atoms with Crippen molar-refractivity contribution in [1.29, 1.82) is 0 Å². The first-order valence-electron chi connectivity index (χ1n) is 9.18. The molecule has 0 spiro atoms. The van der Waals surface area contributed by atoms with E-state index in [0.717, 1.165) is 4.31 Å². The number of benzene rings is 1. The number of carbonyl (C=O) groups excluding carboxylic acids is 2. The first-order chi connectivity index (χ1) is 13.6. The first-order valence-corrected chi connectivity index (χ1v) is 11.5. The van der Waals surface area contributed by atoms with Crippen LogP contribution in [0.15, 0.2) is 28.6 Å². The molecule has 1 N–H and O–H groups in total. The zero-order valence-electron chi connectivity index (χ0n) is 16.8. The molecule has 2 amide bonds. The molecule has 1 aromatic carbocycles. The number of likely N-dealkylation sites (tertiary alicyclic amines) is 1. The van der Waals surface area contributed by atoms with Crippen LogP contribution < -0.4 is 5.32 Å². The number of hydrogen-bond donors (Lipinski definition) is 1. The Morgan fingerprint density at radius 3 is 2.62 bits per heavy atom. The molecule has 1 saturated heterocycles. The lowest BCUT2D eigenvalue weighted by Crippen LogP contribution is -2.43. The molecular weight excluding hydrogens is 412 g/mol. The smallest absolute Gasteiger partial charge is 0.254 e. The van der Waals surface area contributed by atoms with Crippen LogP contribution in [0.25, 0.3) is 0 Å². The van der Waals surface area contributed by atoms with Crippen molar-refractivity contribution < 1.29 is 18.0 Å². The second-order valence-corrected chi connectivity index (χ2v) is 10.2. The summed E-state index contributed by atoms with van der Waals surface area (Å²) in [6.45, 7) is 3.94. The number of rotatable bonds is 5. The van der Waals surface area contributed by atoms with Crippen LogP contribution >= 0.6 is 11.3 Å². The predicted molar refractivity (Wildman–Crippen MR) is 112 cm³/mol. The van der Waals surface area contributed by atoms with Crippen molar-refractivity contribution in [2.24, 2.45) is 0 Å². The van der Waals surface area contributed by atoms with E-state index in [4.69, 9.17) is 0 Å². The fourth-order valence-electron chi connectivity index (χ4n) is 3.34. The number of sulfonamides is 1. The van der Waals surface area contributed by atoms with Crippen molar-refractivity contribution >= 4 is 38.3 Å². The van der Waals surface area contributed by atoms with E-state index < -0.39 is 16.1 Å². The molecule has 3 rings (SSSR count). The van der Waals surface area contributed by atoms with Crippen LogP contribution in [-0.4, -0.2) is 61.1 Å². The molecular formula is C19H24N4O4S2. The van der Waals surface area contributed by atoms with Crippen molar-refractivity contribution in [3.8, 4) is 0 Å². The van der Waals surface area contributed by atoms with Gasteiger partial charge in [0.1, 0.15) is 6.04 Å². The van der Waals surface area contributed by atoms with Crippen LogP contribution in [-0.2, 0) is 14.8 Å². The Bertz CT molecular complexity index is 1030. The van der Waals surface area contributed by atoms with E-state index in [1.807, 2.05) is 0 Å². The summed E-state index contributed by atoms with van der Waals surface area (Å²) in [6.07, 6.45) is 2.85. The second kappa shape index (κ2) is 8.21. The maximum Gasteiger partial charge on any atom is 0.254 e. The highest BCUT2D eigenvalue weighted by atomic mass is 32.2. The van der Waals surface area contributed by atoms with Gasteiger partial charge in [-0.1, -0.05) is 0 Å². The Morgan fingerprint density at radius 2 is 2.00 bits per heavy atom. The molecule has 0 radical (unpaired) electrons. The van der Waals surface area contributed by atoms with Gasteiger partial charge in [0, 0.05) is 37.8 Å². The molecule has 0 unspecified atom stereocenters. The molecule has 29 heavy (non-hydrogen) atoms. The minimum Gasteiger partial charge on any atom is -0.327 e. The van der Waals surface area contributed by atoms with Gasteiger partial charge in [0.2, 0.25) is 15.9 Å². The minimum absolute atomic E-state index is 0.105. The molecule has 0 bridgehead atoms. The van der Waals surface area contributed by atoms with E-state index in [2.05, 4.69) is 10.3 Å². The van der Waals surface area contributed by atoms with Gasteiger partial charge >= 0.3 is 0 Å². The largest absolute Gasteiger partial charge is 0.327 e. The molecule has 1 aliphatic heterocycles. The van der Waals surface area contributed by atoms with Gasteiger partial charge < -0.3 is 10.2 Å². The van der Waals surface area contributed by atoms with Crippen LogP contribution in [0.1, 0.15) is 34.3 Å². The molecule has 1 fully saturated rings. The highest BCUT2D eigenvalue weighted by Gasteiger charge is 2.35. The number of nitrogens with one attached hydrogen (secondary N) is 1. The Kier molecular flexibility index (Phi) is 6.06. The molecule has 0 saturated carbocycles. The van der Waals surface area contributed by atoms with Gasteiger partial charge in [-0.3, -0.25) is 9.59 Å². The lowest BCUT2D eigenvalue weighted by molar-refractivity contribution is -0.119. The molecule has 2 aromatic rings. The Morgan fingerprint density at radius 1 is 1.28 bits per heavy atom.